The maximum atomic E-state index is 11.4. The quantitative estimate of drug-likeness (QED) is 0.909. The van der Waals surface area contributed by atoms with Crippen LogP contribution in [0.5, 0.6) is 0 Å². The van der Waals surface area contributed by atoms with E-state index in [0.29, 0.717) is 6.04 Å². The number of aliphatic hydroxyl groups is 1. The third-order valence-electron chi connectivity index (χ3n) is 4.21. The molecule has 0 saturated carbocycles. The highest BCUT2D eigenvalue weighted by atomic mass is 16.3. The minimum absolute atomic E-state index is 0.100. The van der Waals surface area contributed by atoms with E-state index in [1.807, 2.05) is 24.1 Å². The molecule has 0 radical (unpaired) electrons. The Labute approximate surface area is 121 Å². The van der Waals surface area contributed by atoms with Gasteiger partial charge in [0.05, 0.1) is 6.61 Å². The maximum Gasteiger partial charge on any atom is 0.219 e. The fraction of sp³-hybridized carbons (Fsp3) is 0.562. The molecule has 1 amide bonds. The SMILES string of the molecule is CC(=O)N(C)C1CCN(Cc2ccc(CO)cc2)CC1. The number of rotatable bonds is 4. The van der Waals surface area contributed by atoms with Gasteiger partial charge in [-0.15, -0.1) is 0 Å². The average Bonchev–Trinajstić information content (AvgIpc) is 2.48. The molecular weight excluding hydrogens is 252 g/mol. The summed E-state index contributed by atoms with van der Waals surface area (Å²) in [7, 11) is 1.90. The van der Waals surface area contributed by atoms with Gasteiger partial charge in [-0.2, -0.15) is 0 Å². The number of nitrogens with zero attached hydrogens (tertiary/aromatic N) is 2. The van der Waals surface area contributed by atoms with Gasteiger partial charge in [0.2, 0.25) is 5.91 Å². The number of carbonyl (C=O) groups is 1. The summed E-state index contributed by atoms with van der Waals surface area (Å²) in [6.07, 6.45) is 2.09. The number of benzene rings is 1. The van der Waals surface area contributed by atoms with Gasteiger partial charge in [0.15, 0.2) is 0 Å². The van der Waals surface area contributed by atoms with Gasteiger partial charge in [-0.25, -0.2) is 0 Å². The first-order valence-electron chi connectivity index (χ1n) is 7.24. The first-order valence-corrected chi connectivity index (χ1v) is 7.24. The summed E-state index contributed by atoms with van der Waals surface area (Å²) in [4.78, 5) is 15.7. The highest BCUT2D eigenvalue weighted by Gasteiger charge is 2.23. The molecule has 20 heavy (non-hydrogen) atoms. The third kappa shape index (κ3) is 3.81. The number of hydrogen-bond acceptors (Lipinski definition) is 3. The van der Waals surface area contributed by atoms with Crippen LogP contribution >= 0.6 is 0 Å². The summed E-state index contributed by atoms with van der Waals surface area (Å²) >= 11 is 0. The van der Waals surface area contributed by atoms with E-state index in [9.17, 15) is 4.79 Å². The fourth-order valence-electron chi connectivity index (χ4n) is 2.73. The van der Waals surface area contributed by atoms with Gasteiger partial charge in [-0.3, -0.25) is 9.69 Å². The normalized spacial score (nSPS) is 17.1. The minimum atomic E-state index is 0.100. The van der Waals surface area contributed by atoms with Crippen molar-refractivity contribution < 1.29 is 9.90 Å². The molecule has 1 aliphatic rings. The van der Waals surface area contributed by atoms with Crippen LogP contribution in [0.4, 0.5) is 0 Å². The van der Waals surface area contributed by atoms with Crippen molar-refractivity contribution in [3.05, 3.63) is 35.4 Å². The molecule has 1 heterocycles. The molecule has 0 bridgehead atoms. The molecule has 0 aliphatic carbocycles. The van der Waals surface area contributed by atoms with Crippen LogP contribution in [0.3, 0.4) is 0 Å². The van der Waals surface area contributed by atoms with E-state index >= 15 is 0 Å². The first kappa shape index (κ1) is 15.0. The van der Waals surface area contributed by atoms with Gasteiger partial charge in [-0.05, 0) is 24.0 Å². The number of aliphatic hydroxyl groups excluding tert-OH is 1. The zero-order valence-electron chi connectivity index (χ0n) is 12.4. The maximum absolute atomic E-state index is 11.4. The summed E-state index contributed by atoms with van der Waals surface area (Å²) in [6.45, 7) is 4.74. The van der Waals surface area contributed by atoms with Crippen molar-refractivity contribution >= 4 is 5.91 Å². The monoisotopic (exact) mass is 276 g/mol. The van der Waals surface area contributed by atoms with Crippen LogP contribution in [-0.4, -0.2) is 47.0 Å². The van der Waals surface area contributed by atoms with Gasteiger partial charge in [-0.1, -0.05) is 24.3 Å². The number of carbonyl (C=O) groups excluding carboxylic acids is 1. The smallest absolute Gasteiger partial charge is 0.219 e. The number of amides is 1. The van der Waals surface area contributed by atoms with Crippen molar-refractivity contribution in [2.24, 2.45) is 0 Å². The van der Waals surface area contributed by atoms with Crippen molar-refractivity contribution in [2.45, 2.75) is 39.0 Å². The van der Waals surface area contributed by atoms with E-state index in [0.717, 1.165) is 38.0 Å². The molecule has 1 fully saturated rings. The Hall–Kier alpha value is -1.39. The molecule has 1 aromatic rings. The van der Waals surface area contributed by atoms with Crippen LogP contribution in [0, 0.1) is 0 Å². The van der Waals surface area contributed by atoms with Crippen LogP contribution in [0.25, 0.3) is 0 Å². The molecule has 4 heteroatoms. The molecule has 1 saturated heterocycles. The molecule has 0 spiro atoms. The number of piperidine rings is 1. The van der Waals surface area contributed by atoms with E-state index in [4.69, 9.17) is 5.11 Å². The predicted octanol–water partition coefficient (Wildman–Crippen LogP) is 1.62. The second kappa shape index (κ2) is 6.86. The second-order valence-electron chi connectivity index (χ2n) is 5.61. The van der Waals surface area contributed by atoms with Crippen molar-refractivity contribution in [3.63, 3.8) is 0 Å². The van der Waals surface area contributed by atoms with Crippen LogP contribution in [0.2, 0.25) is 0 Å². The van der Waals surface area contributed by atoms with E-state index in [1.54, 1.807) is 6.92 Å². The zero-order chi connectivity index (χ0) is 14.5. The molecule has 0 unspecified atom stereocenters. The summed E-state index contributed by atoms with van der Waals surface area (Å²) in [5.74, 6) is 0.156. The Balaban J connectivity index is 1.83. The van der Waals surface area contributed by atoms with Crippen molar-refractivity contribution in [2.75, 3.05) is 20.1 Å². The van der Waals surface area contributed by atoms with Crippen LogP contribution in [0.1, 0.15) is 30.9 Å². The molecule has 2 rings (SSSR count). The van der Waals surface area contributed by atoms with Gasteiger partial charge < -0.3 is 10.0 Å². The molecule has 0 aromatic heterocycles. The summed E-state index contributed by atoms with van der Waals surface area (Å²) in [6, 6.07) is 8.51. The van der Waals surface area contributed by atoms with E-state index in [2.05, 4.69) is 17.0 Å². The topological polar surface area (TPSA) is 43.8 Å². The lowest BCUT2D eigenvalue weighted by Gasteiger charge is -2.36. The molecule has 110 valence electrons. The molecule has 1 aliphatic heterocycles. The predicted molar refractivity (Wildman–Crippen MR) is 79.1 cm³/mol. The largest absolute Gasteiger partial charge is 0.392 e. The molecule has 0 atom stereocenters. The second-order valence-corrected chi connectivity index (χ2v) is 5.61. The summed E-state index contributed by atoms with van der Waals surface area (Å²) in [5, 5.41) is 9.03. The van der Waals surface area contributed by atoms with Crippen LogP contribution in [0.15, 0.2) is 24.3 Å². The van der Waals surface area contributed by atoms with Crippen LogP contribution < -0.4 is 0 Å². The van der Waals surface area contributed by atoms with Crippen molar-refractivity contribution in [3.8, 4) is 0 Å². The number of likely N-dealkylation sites (tertiary alicyclic amines) is 1. The molecular formula is C16H24N2O2. The Kier molecular flexibility index (Phi) is 5.15. The van der Waals surface area contributed by atoms with Crippen molar-refractivity contribution in [1.29, 1.82) is 0 Å². The molecule has 4 nitrogen and oxygen atoms in total. The fourth-order valence-corrected chi connectivity index (χ4v) is 2.73. The lowest BCUT2D eigenvalue weighted by Crippen LogP contribution is -2.44. The van der Waals surface area contributed by atoms with Gasteiger partial charge in [0.1, 0.15) is 0 Å². The Bertz CT molecular complexity index is 436. The first-order chi connectivity index (χ1) is 9.60. The minimum Gasteiger partial charge on any atom is -0.392 e. The number of hydrogen-bond donors (Lipinski definition) is 1. The van der Waals surface area contributed by atoms with Crippen LogP contribution in [-0.2, 0) is 17.9 Å². The van der Waals surface area contributed by atoms with E-state index in [-0.39, 0.29) is 12.5 Å². The highest BCUT2D eigenvalue weighted by molar-refractivity contribution is 5.73. The highest BCUT2D eigenvalue weighted by Crippen LogP contribution is 2.18. The van der Waals surface area contributed by atoms with E-state index < -0.39 is 0 Å². The lowest BCUT2D eigenvalue weighted by molar-refractivity contribution is -0.130. The Morgan fingerprint density at radius 2 is 1.80 bits per heavy atom. The third-order valence-corrected chi connectivity index (χ3v) is 4.21. The van der Waals surface area contributed by atoms with Crippen molar-refractivity contribution in [1.82, 2.24) is 9.80 Å². The van der Waals surface area contributed by atoms with Gasteiger partial charge >= 0.3 is 0 Å². The summed E-state index contributed by atoms with van der Waals surface area (Å²) in [5.41, 5.74) is 2.23. The van der Waals surface area contributed by atoms with E-state index in [1.165, 1.54) is 5.56 Å². The average molecular weight is 276 g/mol. The van der Waals surface area contributed by atoms with Gasteiger partial charge in [0.25, 0.3) is 0 Å². The Morgan fingerprint density at radius 1 is 1.25 bits per heavy atom. The zero-order valence-corrected chi connectivity index (χ0v) is 12.4. The standard InChI is InChI=1S/C16H24N2O2/c1-13(20)17(2)16-7-9-18(10-8-16)11-14-3-5-15(12-19)6-4-14/h3-6,16,19H,7-12H2,1-2H3. The lowest BCUT2D eigenvalue weighted by atomic mass is 10.0. The summed E-state index contributed by atoms with van der Waals surface area (Å²) < 4.78 is 0. The molecule has 1 N–H and O–H groups in total. The Morgan fingerprint density at radius 3 is 2.30 bits per heavy atom. The molecule has 1 aromatic carbocycles. The van der Waals surface area contributed by atoms with Gasteiger partial charge in [0, 0.05) is 39.6 Å².